The summed E-state index contributed by atoms with van der Waals surface area (Å²) < 4.78 is 17.2. The molecule has 28 heavy (non-hydrogen) atoms. The maximum absolute atomic E-state index is 10.4. The summed E-state index contributed by atoms with van der Waals surface area (Å²) in [7, 11) is -2.53. The number of hydrogen-bond acceptors (Lipinski definition) is 4. The molecule has 0 spiro atoms. The lowest BCUT2D eigenvalue weighted by molar-refractivity contribution is -0.142. The highest BCUT2D eigenvalue weighted by molar-refractivity contribution is 6.99. The second kappa shape index (κ2) is 10.5. The Kier molecular flexibility index (Phi) is 8.38. The molecule has 2 aromatic rings. The van der Waals surface area contributed by atoms with E-state index in [-0.39, 0.29) is 18.3 Å². The highest BCUT2D eigenvalue weighted by Crippen LogP contribution is 2.36. The molecule has 0 aliphatic rings. The molecule has 0 unspecified atom stereocenters. The lowest BCUT2D eigenvalue weighted by atomic mass is 10.2. The predicted molar refractivity (Wildman–Crippen MR) is 113 cm³/mol. The molecule has 0 aromatic heterocycles. The number of carbonyl (C=O) groups is 1. The van der Waals surface area contributed by atoms with E-state index in [9.17, 15) is 4.79 Å². The maximum atomic E-state index is 10.4. The van der Waals surface area contributed by atoms with Gasteiger partial charge in [-0.1, -0.05) is 81.4 Å². The highest BCUT2D eigenvalue weighted by Gasteiger charge is 2.49. The van der Waals surface area contributed by atoms with Crippen molar-refractivity contribution in [1.29, 1.82) is 0 Å². The summed E-state index contributed by atoms with van der Waals surface area (Å²) in [6.45, 7) is 7.90. The number of ether oxygens (including phenoxy) is 2. The molecule has 0 saturated carbocycles. The van der Waals surface area contributed by atoms with Gasteiger partial charge in [-0.15, -0.1) is 0 Å². The van der Waals surface area contributed by atoms with Gasteiger partial charge in [-0.2, -0.15) is 0 Å². The molecule has 2 aromatic carbocycles. The third-order valence-corrected chi connectivity index (χ3v) is 9.60. The summed E-state index contributed by atoms with van der Waals surface area (Å²) in [5, 5.41) is 11.0. The van der Waals surface area contributed by atoms with E-state index < -0.39 is 14.3 Å². The quantitative estimate of drug-likeness (QED) is 0.462. The Morgan fingerprint density at radius 3 is 1.75 bits per heavy atom. The van der Waals surface area contributed by atoms with E-state index >= 15 is 0 Å². The molecule has 152 valence electrons. The normalized spacial score (nSPS) is 12.1. The van der Waals surface area contributed by atoms with Gasteiger partial charge in [0.25, 0.3) is 8.32 Å². The van der Waals surface area contributed by atoms with Crippen molar-refractivity contribution in [3.8, 4) is 0 Å². The number of benzene rings is 2. The Hall–Kier alpha value is -1.99. The van der Waals surface area contributed by atoms with Crippen LogP contribution in [-0.2, 0) is 18.7 Å². The van der Waals surface area contributed by atoms with Gasteiger partial charge >= 0.3 is 5.97 Å². The molecule has 1 N–H and O–H groups in total. The van der Waals surface area contributed by atoms with Crippen LogP contribution in [0.3, 0.4) is 0 Å². The van der Waals surface area contributed by atoms with E-state index in [1.54, 1.807) is 0 Å². The predicted octanol–water partition coefficient (Wildman–Crippen LogP) is 2.68. The molecule has 0 bridgehead atoms. The van der Waals surface area contributed by atoms with Crippen molar-refractivity contribution in [2.24, 2.45) is 0 Å². The van der Waals surface area contributed by atoms with E-state index in [2.05, 4.69) is 69.3 Å². The van der Waals surface area contributed by atoms with Crippen molar-refractivity contribution < 1.29 is 23.8 Å². The first-order valence-electron chi connectivity index (χ1n) is 9.50. The van der Waals surface area contributed by atoms with Gasteiger partial charge in [0.2, 0.25) is 0 Å². The van der Waals surface area contributed by atoms with Gasteiger partial charge in [0.15, 0.2) is 0 Å². The molecule has 0 atom stereocenters. The second-order valence-electron chi connectivity index (χ2n) is 7.57. The number of carboxylic acids is 1. The zero-order valence-corrected chi connectivity index (χ0v) is 17.9. The van der Waals surface area contributed by atoms with E-state index in [4.69, 9.17) is 19.0 Å². The van der Waals surface area contributed by atoms with Gasteiger partial charge in [-0.05, 0) is 15.4 Å². The van der Waals surface area contributed by atoms with Crippen LogP contribution in [0.5, 0.6) is 0 Å². The fourth-order valence-electron chi connectivity index (χ4n) is 3.39. The van der Waals surface area contributed by atoms with Crippen molar-refractivity contribution in [3.05, 3.63) is 60.7 Å². The molecule has 0 radical (unpaired) electrons. The minimum Gasteiger partial charge on any atom is -0.480 e. The molecular formula is C22H30O5Si. The Labute approximate surface area is 168 Å². The minimum atomic E-state index is -2.53. The van der Waals surface area contributed by atoms with Gasteiger partial charge < -0.3 is 19.0 Å². The molecule has 5 nitrogen and oxygen atoms in total. The number of rotatable bonds is 11. The first-order chi connectivity index (χ1) is 13.4. The van der Waals surface area contributed by atoms with Gasteiger partial charge in [0.1, 0.15) is 6.61 Å². The topological polar surface area (TPSA) is 65.0 Å². The fraction of sp³-hybridized carbons (Fsp3) is 0.409. The molecule has 0 fully saturated rings. The van der Waals surface area contributed by atoms with Crippen LogP contribution in [0.4, 0.5) is 0 Å². The number of aliphatic carboxylic acids is 1. The molecule has 0 aliphatic carbocycles. The van der Waals surface area contributed by atoms with Gasteiger partial charge in [-0.3, -0.25) is 0 Å². The number of carboxylic acid groups (broad SMARTS) is 1. The van der Waals surface area contributed by atoms with Crippen LogP contribution in [0.1, 0.15) is 20.8 Å². The van der Waals surface area contributed by atoms with Gasteiger partial charge in [0, 0.05) is 0 Å². The van der Waals surface area contributed by atoms with Crippen LogP contribution in [0.2, 0.25) is 5.04 Å². The van der Waals surface area contributed by atoms with Crippen molar-refractivity contribution in [2.45, 2.75) is 25.8 Å². The largest absolute Gasteiger partial charge is 0.480 e. The number of hydrogen-bond donors (Lipinski definition) is 1. The zero-order chi connectivity index (χ0) is 20.5. The van der Waals surface area contributed by atoms with Crippen molar-refractivity contribution in [2.75, 3.05) is 33.0 Å². The Morgan fingerprint density at radius 1 is 0.821 bits per heavy atom. The summed E-state index contributed by atoms with van der Waals surface area (Å²) in [6, 6.07) is 20.9. The average molecular weight is 403 g/mol. The summed E-state index contributed by atoms with van der Waals surface area (Å²) >= 11 is 0. The smallest absolute Gasteiger partial charge is 0.329 e. The van der Waals surface area contributed by atoms with Crippen molar-refractivity contribution in [3.63, 3.8) is 0 Å². The van der Waals surface area contributed by atoms with Crippen LogP contribution in [0.25, 0.3) is 0 Å². The lowest BCUT2D eigenvalue weighted by Gasteiger charge is -2.43. The zero-order valence-electron chi connectivity index (χ0n) is 16.9. The first-order valence-corrected chi connectivity index (χ1v) is 11.4. The lowest BCUT2D eigenvalue weighted by Crippen LogP contribution is -2.66. The fourth-order valence-corrected chi connectivity index (χ4v) is 7.94. The molecule has 0 saturated heterocycles. The van der Waals surface area contributed by atoms with E-state index in [0.29, 0.717) is 19.8 Å². The standard InChI is InChI=1S/C22H30O5Si/c1-22(2,3)28(19-10-6-4-7-11-19,20-12-8-5-9-13-20)27-17-16-25-14-15-26-18-21(23)24/h4-13H,14-18H2,1-3H3,(H,23,24). The summed E-state index contributed by atoms with van der Waals surface area (Å²) in [5.41, 5.74) is 0. The van der Waals surface area contributed by atoms with Crippen LogP contribution < -0.4 is 10.4 Å². The Morgan fingerprint density at radius 2 is 1.29 bits per heavy atom. The summed E-state index contributed by atoms with van der Waals surface area (Å²) in [4.78, 5) is 10.4. The Balaban J connectivity index is 2.11. The minimum absolute atomic E-state index is 0.0691. The van der Waals surface area contributed by atoms with E-state index in [0.717, 1.165) is 0 Å². The van der Waals surface area contributed by atoms with Gasteiger partial charge in [-0.25, -0.2) is 4.79 Å². The van der Waals surface area contributed by atoms with E-state index in [1.165, 1.54) is 10.4 Å². The van der Waals surface area contributed by atoms with E-state index in [1.807, 2.05) is 12.1 Å². The van der Waals surface area contributed by atoms with Crippen molar-refractivity contribution in [1.82, 2.24) is 0 Å². The maximum Gasteiger partial charge on any atom is 0.329 e. The van der Waals surface area contributed by atoms with Crippen LogP contribution in [0.15, 0.2) is 60.7 Å². The van der Waals surface area contributed by atoms with Gasteiger partial charge in [0.05, 0.1) is 26.4 Å². The van der Waals surface area contributed by atoms with Crippen LogP contribution >= 0.6 is 0 Å². The second-order valence-corrected chi connectivity index (χ2v) is 11.9. The van der Waals surface area contributed by atoms with Crippen molar-refractivity contribution >= 4 is 24.7 Å². The molecule has 0 aliphatic heterocycles. The monoisotopic (exact) mass is 402 g/mol. The molecular weight excluding hydrogens is 372 g/mol. The molecule has 6 heteroatoms. The Bertz CT molecular complexity index is 673. The third-order valence-electron chi connectivity index (χ3n) is 4.56. The highest BCUT2D eigenvalue weighted by atomic mass is 28.4. The summed E-state index contributed by atoms with van der Waals surface area (Å²) in [6.07, 6.45) is 0. The first kappa shape index (κ1) is 22.3. The van der Waals surface area contributed by atoms with Crippen LogP contribution in [0, 0.1) is 0 Å². The average Bonchev–Trinajstić information content (AvgIpc) is 2.67. The molecule has 0 heterocycles. The molecule has 2 rings (SSSR count). The SMILES string of the molecule is CC(C)(C)[Si](OCCOCCOCC(=O)O)(c1ccccc1)c1ccccc1. The summed E-state index contributed by atoms with van der Waals surface area (Å²) in [5.74, 6) is -0.977. The molecule has 0 amide bonds. The van der Waals surface area contributed by atoms with Crippen LogP contribution in [-0.4, -0.2) is 52.4 Å². The third kappa shape index (κ3) is 5.75.